The van der Waals surface area contributed by atoms with Crippen LogP contribution in [-0.4, -0.2) is 61.6 Å². The molecule has 2 aliphatic heterocycles. The van der Waals surface area contributed by atoms with Gasteiger partial charge in [0.2, 0.25) is 5.91 Å². The van der Waals surface area contributed by atoms with Crippen LogP contribution in [-0.2, 0) is 29.1 Å². The van der Waals surface area contributed by atoms with E-state index in [4.69, 9.17) is 14.2 Å². The van der Waals surface area contributed by atoms with Crippen LogP contribution >= 0.6 is 0 Å². The van der Waals surface area contributed by atoms with E-state index in [9.17, 15) is 14.4 Å². The van der Waals surface area contributed by atoms with Crippen LogP contribution in [0.25, 0.3) is 0 Å². The summed E-state index contributed by atoms with van der Waals surface area (Å²) < 4.78 is 16.0. The first-order valence-electron chi connectivity index (χ1n) is 10.7. The Morgan fingerprint density at radius 2 is 1.67 bits per heavy atom. The zero-order valence-corrected chi connectivity index (χ0v) is 18.9. The summed E-state index contributed by atoms with van der Waals surface area (Å²) >= 11 is 0. The van der Waals surface area contributed by atoms with Gasteiger partial charge in [0.15, 0.2) is 11.5 Å². The lowest BCUT2D eigenvalue weighted by Crippen LogP contribution is -2.41. The SMILES string of the molecule is COc1ccccc1CN1C(=O)N[C@@H](CC(=O)N2CCc3cc(OC)c(OC)cc3C2)C1=O. The average molecular weight is 453 g/mol. The van der Waals surface area contributed by atoms with Crippen molar-refractivity contribution in [3.8, 4) is 17.2 Å². The quantitative estimate of drug-likeness (QED) is 0.645. The van der Waals surface area contributed by atoms with Crippen LogP contribution in [0, 0.1) is 0 Å². The van der Waals surface area contributed by atoms with Crippen molar-refractivity contribution in [2.75, 3.05) is 27.9 Å². The van der Waals surface area contributed by atoms with Crippen LogP contribution in [0.5, 0.6) is 17.2 Å². The number of carbonyl (C=O) groups excluding carboxylic acids is 3. The Labute approximate surface area is 192 Å². The minimum Gasteiger partial charge on any atom is -0.496 e. The van der Waals surface area contributed by atoms with Crippen molar-refractivity contribution >= 4 is 17.8 Å². The fourth-order valence-corrected chi connectivity index (χ4v) is 4.27. The molecule has 2 aliphatic rings. The predicted octanol–water partition coefficient (Wildman–Crippen LogP) is 2.11. The largest absolute Gasteiger partial charge is 0.496 e. The molecule has 0 aliphatic carbocycles. The first-order valence-corrected chi connectivity index (χ1v) is 10.7. The number of urea groups is 1. The normalized spacial score (nSPS) is 17.5. The molecule has 1 atom stereocenters. The van der Waals surface area contributed by atoms with Gasteiger partial charge in [-0.05, 0) is 35.7 Å². The number of hydrogen-bond acceptors (Lipinski definition) is 6. The first kappa shape index (κ1) is 22.4. The summed E-state index contributed by atoms with van der Waals surface area (Å²) in [6, 6.07) is 9.63. The van der Waals surface area contributed by atoms with Crippen LogP contribution in [0.4, 0.5) is 4.79 Å². The van der Waals surface area contributed by atoms with Gasteiger partial charge in [0.25, 0.3) is 5.91 Å². The lowest BCUT2D eigenvalue weighted by Gasteiger charge is -2.30. The molecular weight excluding hydrogens is 426 g/mol. The van der Waals surface area contributed by atoms with E-state index in [2.05, 4.69) is 5.32 Å². The fourth-order valence-electron chi connectivity index (χ4n) is 4.27. The molecule has 1 fully saturated rings. The van der Waals surface area contributed by atoms with E-state index >= 15 is 0 Å². The van der Waals surface area contributed by atoms with Crippen molar-refractivity contribution < 1.29 is 28.6 Å². The molecule has 9 heteroatoms. The Morgan fingerprint density at radius 3 is 2.36 bits per heavy atom. The molecule has 33 heavy (non-hydrogen) atoms. The average Bonchev–Trinajstić information content (AvgIpc) is 3.10. The highest BCUT2D eigenvalue weighted by molar-refractivity contribution is 6.05. The lowest BCUT2D eigenvalue weighted by atomic mass is 9.98. The number of nitrogens with zero attached hydrogens (tertiary/aromatic N) is 2. The number of methoxy groups -OCH3 is 3. The van der Waals surface area contributed by atoms with Gasteiger partial charge in [-0.2, -0.15) is 0 Å². The molecule has 0 saturated carbocycles. The lowest BCUT2D eigenvalue weighted by molar-refractivity contribution is -0.136. The molecule has 2 heterocycles. The van der Waals surface area contributed by atoms with E-state index in [1.807, 2.05) is 24.3 Å². The zero-order chi connectivity index (χ0) is 23.5. The van der Waals surface area contributed by atoms with Crippen molar-refractivity contribution in [2.24, 2.45) is 0 Å². The van der Waals surface area contributed by atoms with Crippen LogP contribution in [0.1, 0.15) is 23.1 Å². The number of carbonyl (C=O) groups is 3. The monoisotopic (exact) mass is 453 g/mol. The van der Waals surface area contributed by atoms with Crippen LogP contribution < -0.4 is 19.5 Å². The second-order valence-electron chi connectivity index (χ2n) is 7.98. The predicted molar refractivity (Wildman–Crippen MR) is 119 cm³/mol. The highest BCUT2D eigenvalue weighted by atomic mass is 16.5. The third kappa shape index (κ3) is 4.44. The molecule has 0 bridgehead atoms. The first-order chi connectivity index (χ1) is 15.9. The number of rotatable bonds is 7. The van der Waals surface area contributed by atoms with E-state index < -0.39 is 18.0 Å². The van der Waals surface area contributed by atoms with Gasteiger partial charge in [0.05, 0.1) is 34.3 Å². The molecule has 174 valence electrons. The second-order valence-corrected chi connectivity index (χ2v) is 7.98. The molecule has 2 aromatic carbocycles. The van der Waals surface area contributed by atoms with Crippen LogP contribution in [0.3, 0.4) is 0 Å². The molecule has 4 amide bonds. The van der Waals surface area contributed by atoms with Crippen molar-refractivity contribution in [3.63, 3.8) is 0 Å². The topological polar surface area (TPSA) is 97.4 Å². The Balaban J connectivity index is 1.42. The number of ether oxygens (including phenoxy) is 3. The molecule has 1 N–H and O–H groups in total. The number of fused-ring (bicyclic) bond motifs is 1. The summed E-state index contributed by atoms with van der Waals surface area (Å²) in [6.45, 7) is 1.02. The third-order valence-corrected chi connectivity index (χ3v) is 6.08. The molecule has 0 unspecified atom stereocenters. The molecule has 0 spiro atoms. The summed E-state index contributed by atoms with van der Waals surface area (Å²) in [6.07, 6.45) is 0.585. The van der Waals surface area contributed by atoms with Gasteiger partial charge in [-0.3, -0.25) is 14.5 Å². The number of amides is 4. The van der Waals surface area contributed by atoms with E-state index in [-0.39, 0.29) is 18.9 Å². The van der Waals surface area contributed by atoms with Crippen molar-refractivity contribution in [1.82, 2.24) is 15.1 Å². The van der Waals surface area contributed by atoms with Crippen molar-refractivity contribution in [3.05, 3.63) is 53.1 Å². The van der Waals surface area contributed by atoms with Crippen molar-refractivity contribution in [1.29, 1.82) is 0 Å². The summed E-state index contributed by atoms with van der Waals surface area (Å²) in [5.74, 6) is 1.26. The molecule has 0 radical (unpaired) electrons. The van der Waals surface area contributed by atoms with Gasteiger partial charge in [-0.25, -0.2) is 4.79 Å². The standard InChI is InChI=1S/C24H27N3O6/c1-31-19-7-5-4-6-16(19)14-27-23(29)18(25-24(27)30)12-22(28)26-9-8-15-10-20(32-2)21(33-3)11-17(15)13-26/h4-7,10-11,18H,8-9,12-14H2,1-3H3,(H,25,30)/t18-/m0/s1. The number of hydrogen-bond donors (Lipinski definition) is 1. The maximum Gasteiger partial charge on any atom is 0.325 e. The Kier molecular flexibility index (Phi) is 6.39. The number of imide groups is 1. The molecule has 1 saturated heterocycles. The molecule has 9 nitrogen and oxygen atoms in total. The van der Waals surface area contributed by atoms with Crippen LogP contribution in [0.15, 0.2) is 36.4 Å². The van der Waals surface area contributed by atoms with E-state index in [1.165, 1.54) is 7.11 Å². The summed E-state index contributed by atoms with van der Waals surface area (Å²) in [7, 11) is 4.70. The molecule has 4 rings (SSSR count). The maximum atomic E-state index is 13.0. The minimum atomic E-state index is -0.883. The minimum absolute atomic E-state index is 0.0814. The van der Waals surface area contributed by atoms with Crippen LogP contribution in [0.2, 0.25) is 0 Å². The number of nitrogens with one attached hydrogen (secondary N) is 1. The number of benzene rings is 2. The van der Waals surface area contributed by atoms with Gasteiger partial charge < -0.3 is 24.4 Å². The van der Waals surface area contributed by atoms with Gasteiger partial charge in [0.1, 0.15) is 11.8 Å². The van der Waals surface area contributed by atoms with E-state index in [0.29, 0.717) is 42.3 Å². The highest BCUT2D eigenvalue weighted by Gasteiger charge is 2.40. The Hall–Kier alpha value is -3.75. The van der Waals surface area contributed by atoms with Crippen molar-refractivity contribution in [2.45, 2.75) is 32.0 Å². The van der Waals surface area contributed by atoms with E-state index in [1.54, 1.807) is 31.3 Å². The molecule has 0 aromatic heterocycles. The van der Waals surface area contributed by atoms with Gasteiger partial charge >= 0.3 is 6.03 Å². The van der Waals surface area contributed by atoms with Gasteiger partial charge in [0, 0.05) is 18.7 Å². The Morgan fingerprint density at radius 1 is 1.00 bits per heavy atom. The molecule has 2 aromatic rings. The summed E-state index contributed by atoms with van der Waals surface area (Å²) in [5, 5.41) is 2.65. The Bertz CT molecular complexity index is 1090. The van der Waals surface area contributed by atoms with Gasteiger partial charge in [-0.15, -0.1) is 0 Å². The highest BCUT2D eigenvalue weighted by Crippen LogP contribution is 2.33. The summed E-state index contributed by atoms with van der Waals surface area (Å²) in [5.41, 5.74) is 2.80. The van der Waals surface area contributed by atoms with E-state index in [0.717, 1.165) is 16.0 Å². The fraction of sp³-hybridized carbons (Fsp3) is 0.375. The maximum absolute atomic E-state index is 13.0. The number of para-hydroxylation sites is 1. The summed E-state index contributed by atoms with van der Waals surface area (Å²) in [4.78, 5) is 41.2. The third-order valence-electron chi connectivity index (χ3n) is 6.08. The van der Waals surface area contributed by atoms with Gasteiger partial charge in [-0.1, -0.05) is 18.2 Å². The second kappa shape index (κ2) is 9.40. The smallest absolute Gasteiger partial charge is 0.325 e. The molecular formula is C24H27N3O6. The zero-order valence-electron chi connectivity index (χ0n) is 18.9.